The van der Waals surface area contributed by atoms with E-state index in [0.717, 1.165) is 18.2 Å². The van der Waals surface area contributed by atoms with Crippen LogP contribution in [0.5, 0.6) is 0 Å². The Kier molecular flexibility index (Phi) is 5.89. The number of nitrogens with one attached hydrogen (secondary N) is 2. The van der Waals surface area contributed by atoms with Crippen molar-refractivity contribution in [2.45, 2.75) is 24.5 Å². The summed E-state index contributed by atoms with van der Waals surface area (Å²) in [6.45, 7) is -0.488. The summed E-state index contributed by atoms with van der Waals surface area (Å²) >= 11 is 0. The van der Waals surface area contributed by atoms with Crippen LogP contribution in [0.25, 0.3) is 11.2 Å². The Balaban J connectivity index is 1.43. The number of nitrogen functional groups attached to an aromatic ring is 2. The first kappa shape index (κ1) is 22.8. The van der Waals surface area contributed by atoms with Crippen LogP contribution in [0, 0.1) is 5.82 Å². The van der Waals surface area contributed by atoms with E-state index in [2.05, 4.69) is 14.7 Å². The van der Waals surface area contributed by atoms with Gasteiger partial charge in [0.1, 0.15) is 29.6 Å². The summed E-state index contributed by atoms with van der Waals surface area (Å²) in [6.07, 6.45) is -2.44. The van der Waals surface area contributed by atoms with Crippen molar-refractivity contribution in [2.75, 3.05) is 18.0 Å². The maximum Gasteiger partial charge on any atom is 0.301 e. The number of ether oxygens (including phenoxy) is 1. The molecule has 3 heterocycles. The van der Waals surface area contributed by atoms with Gasteiger partial charge in [-0.2, -0.15) is 13.1 Å². The summed E-state index contributed by atoms with van der Waals surface area (Å²) in [5.74, 6) is -1.77. The molecule has 1 aromatic carbocycles. The number of aliphatic hydroxyl groups excluding tert-OH is 2. The number of carbonyl (C=O) groups excluding carboxylic acids is 1. The molecule has 0 aliphatic carbocycles. The van der Waals surface area contributed by atoms with Crippen LogP contribution >= 0.6 is 0 Å². The lowest BCUT2D eigenvalue weighted by Gasteiger charge is -2.16. The van der Waals surface area contributed by atoms with Crippen LogP contribution in [0.3, 0.4) is 0 Å². The van der Waals surface area contributed by atoms with Crippen molar-refractivity contribution < 1.29 is 32.6 Å². The number of benzene rings is 1. The van der Waals surface area contributed by atoms with Gasteiger partial charge in [-0.3, -0.25) is 9.36 Å². The first-order valence-corrected chi connectivity index (χ1v) is 11.0. The Morgan fingerprint density at radius 2 is 1.94 bits per heavy atom. The number of amides is 1. The Morgan fingerprint density at radius 1 is 1.18 bits per heavy atom. The number of aromatic nitrogens is 3. The molecule has 0 spiro atoms. The lowest BCUT2D eigenvalue weighted by Crippen LogP contribution is -2.45. The van der Waals surface area contributed by atoms with E-state index in [9.17, 15) is 27.8 Å². The van der Waals surface area contributed by atoms with Gasteiger partial charge in [0.25, 0.3) is 5.91 Å². The van der Waals surface area contributed by atoms with Crippen LogP contribution in [0.1, 0.15) is 16.6 Å². The van der Waals surface area contributed by atoms with Crippen LogP contribution < -0.4 is 20.9 Å². The van der Waals surface area contributed by atoms with Crippen LogP contribution in [0.4, 0.5) is 15.8 Å². The van der Waals surface area contributed by atoms with Crippen molar-refractivity contribution in [3.8, 4) is 0 Å². The molecule has 13 nitrogen and oxygen atoms in total. The van der Waals surface area contributed by atoms with Gasteiger partial charge in [0.05, 0.1) is 17.6 Å². The van der Waals surface area contributed by atoms with E-state index in [0.29, 0.717) is 16.9 Å². The summed E-state index contributed by atoms with van der Waals surface area (Å²) in [4.78, 5) is 20.4. The van der Waals surface area contributed by atoms with Crippen LogP contribution in [-0.2, 0) is 14.9 Å². The highest BCUT2D eigenvalue weighted by Gasteiger charge is 2.44. The zero-order chi connectivity index (χ0) is 23.9. The second-order valence-corrected chi connectivity index (χ2v) is 8.78. The molecule has 1 amide bonds. The number of imidazole rings is 1. The highest BCUT2D eigenvalue weighted by Crippen LogP contribution is 2.32. The van der Waals surface area contributed by atoms with Crippen molar-refractivity contribution in [3.63, 3.8) is 0 Å². The predicted octanol–water partition coefficient (Wildman–Crippen LogP) is -1.38. The van der Waals surface area contributed by atoms with Gasteiger partial charge in [0, 0.05) is 18.4 Å². The van der Waals surface area contributed by atoms with Crippen LogP contribution in [0.2, 0.25) is 0 Å². The van der Waals surface area contributed by atoms with Crippen molar-refractivity contribution >= 4 is 38.7 Å². The third-order valence-electron chi connectivity index (χ3n) is 5.06. The minimum Gasteiger partial charge on any atom is -0.398 e. The number of rotatable bonds is 6. The molecule has 1 aliphatic rings. The number of carbonyl (C=O) groups is 1. The molecule has 4 atom stereocenters. The lowest BCUT2D eigenvalue weighted by molar-refractivity contribution is -0.0330. The van der Waals surface area contributed by atoms with Crippen LogP contribution in [-0.4, -0.2) is 63.9 Å². The van der Waals surface area contributed by atoms with E-state index in [4.69, 9.17) is 16.2 Å². The fourth-order valence-electron chi connectivity index (χ4n) is 3.41. The zero-order valence-electron chi connectivity index (χ0n) is 16.8. The largest absolute Gasteiger partial charge is 0.398 e. The van der Waals surface area contributed by atoms with Crippen molar-refractivity contribution in [3.05, 3.63) is 48.2 Å². The van der Waals surface area contributed by atoms with Gasteiger partial charge >= 0.3 is 10.2 Å². The number of halogens is 1. The van der Waals surface area contributed by atoms with E-state index in [1.165, 1.54) is 17.1 Å². The fraction of sp³-hybridized carbons (Fsp3) is 0.278. The molecule has 4 rings (SSSR count). The molecule has 8 N–H and O–H groups in total. The molecular weight excluding hydrogens is 461 g/mol. The first-order valence-electron chi connectivity index (χ1n) is 9.53. The molecule has 1 saturated heterocycles. The fourth-order valence-corrected chi connectivity index (χ4v) is 4.22. The Morgan fingerprint density at radius 3 is 2.67 bits per heavy atom. The smallest absolute Gasteiger partial charge is 0.301 e. The topological polar surface area (TPSA) is 208 Å². The maximum absolute atomic E-state index is 13.1. The first-order chi connectivity index (χ1) is 15.6. The number of nitrogens with zero attached hydrogens (tertiary/aromatic N) is 3. The number of aliphatic hydroxyl groups is 2. The van der Waals surface area contributed by atoms with E-state index in [-0.39, 0.29) is 11.3 Å². The molecule has 15 heteroatoms. The van der Waals surface area contributed by atoms with E-state index < -0.39 is 53.0 Å². The molecule has 33 heavy (non-hydrogen) atoms. The monoisotopic (exact) mass is 481 g/mol. The Bertz CT molecular complexity index is 1320. The minimum absolute atomic E-state index is 0.242. The summed E-state index contributed by atoms with van der Waals surface area (Å²) in [5.41, 5.74) is 11.9. The van der Waals surface area contributed by atoms with Gasteiger partial charge in [0.2, 0.25) is 0 Å². The highest BCUT2D eigenvalue weighted by molar-refractivity contribution is 7.88. The molecule has 1 aliphatic heterocycles. The molecule has 0 unspecified atom stereocenters. The maximum atomic E-state index is 13.1. The summed E-state index contributed by atoms with van der Waals surface area (Å²) < 4.78 is 48.5. The summed E-state index contributed by atoms with van der Waals surface area (Å²) in [6, 6.07) is 4.42. The van der Waals surface area contributed by atoms with Gasteiger partial charge in [-0.25, -0.2) is 19.1 Å². The molecule has 0 bridgehead atoms. The van der Waals surface area contributed by atoms with Crippen molar-refractivity contribution in [1.82, 2.24) is 24.0 Å². The summed E-state index contributed by atoms with van der Waals surface area (Å²) in [5, 5.41) is 20.8. The Hall–Kier alpha value is -3.37. The molecule has 0 saturated carbocycles. The third kappa shape index (κ3) is 4.44. The van der Waals surface area contributed by atoms with Crippen molar-refractivity contribution in [1.29, 1.82) is 0 Å². The molecule has 3 aromatic rings. The number of fused-ring (bicyclic) bond motifs is 1. The number of hydrogen-bond acceptors (Lipinski definition) is 10. The average molecular weight is 481 g/mol. The minimum atomic E-state index is -4.42. The normalized spacial score (nSPS) is 23.1. The lowest BCUT2D eigenvalue weighted by atomic mass is 10.1. The van der Waals surface area contributed by atoms with Crippen LogP contribution in [0.15, 0.2) is 36.8 Å². The van der Waals surface area contributed by atoms with E-state index in [1.54, 1.807) is 10.8 Å². The van der Waals surface area contributed by atoms with Gasteiger partial charge in [-0.1, -0.05) is 0 Å². The van der Waals surface area contributed by atoms with E-state index >= 15 is 0 Å². The van der Waals surface area contributed by atoms with E-state index in [1.807, 2.05) is 0 Å². The number of hydrogen-bond donors (Lipinski definition) is 6. The number of anilines is 2. The molecule has 2 aromatic heterocycles. The standard InChI is InChI=1S/C18H20FN7O6S/c19-8-1-2-9(11(21)5-8)17(29)25-33(30,31)24-6-12-14(27)15(28)18(32-12)26-7-23-13-10(20)3-4-22-16(13)26/h1-5,7,12,14-15,18,24,27-28H,6,21H2,(H2,20,22)(H,25,29)/t12-,14-,15-,18-/m1/s1. The second kappa shape index (κ2) is 8.53. The van der Waals surface area contributed by atoms with Gasteiger partial charge in [0.15, 0.2) is 11.9 Å². The molecule has 1 fully saturated rings. The van der Waals surface area contributed by atoms with Gasteiger partial charge < -0.3 is 26.4 Å². The van der Waals surface area contributed by atoms with Gasteiger partial charge in [-0.15, -0.1) is 0 Å². The number of pyridine rings is 1. The molecule has 176 valence electrons. The molecular formula is C18H20FN7O6S. The van der Waals surface area contributed by atoms with Gasteiger partial charge in [-0.05, 0) is 24.3 Å². The Labute approximate surface area is 186 Å². The SMILES string of the molecule is Nc1cc(F)ccc1C(=O)NS(=O)(=O)NC[C@H]1O[C@@H](n2cnc3c(N)ccnc32)[C@H](O)[C@@H]1O. The third-order valence-corrected chi connectivity index (χ3v) is 6.06. The highest BCUT2D eigenvalue weighted by atomic mass is 32.2. The zero-order valence-corrected chi connectivity index (χ0v) is 17.6. The quantitative estimate of drug-likeness (QED) is 0.227. The number of nitrogens with two attached hydrogens (primary N) is 2. The summed E-state index contributed by atoms with van der Waals surface area (Å²) in [7, 11) is -4.42. The van der Waals surface area contributed by atoms with Crippen molar-refractivity contribution in [2.24, 2.45) is 0 Å². The molecule has 0 radical (unpaired) electrons. The average Bonchev–Trinajstić information content (AvgIpc) is 3.29. The predicted molar refractivity (Wildman–Crippen MR) is 113 cm³/mol. The second-order valence-electron chi connectivity index (χ2n) is 7.29.